The van der Waals surface area contributed by atoms with E-state index in [0.29, 0.717) is 5.69 Å². The molecule has 6 nitrogen and oxygen atoms in total. The van der Waals surface area contributed by atoms with Crippen LogP contribution >= 0.6 is 22.9 Å². The van der Waals surface area contributed by atoms with Gasteiger partial charge in [-0.1, -0.05) is 11.6 Å². The van der Waals surface area contributed by atoms with Gasteiger partial charge in [-0.05, 0) is 36.6 Å². The molecule has 9 heteroatoms. The van der Waals surface area contributed by atoms with E-state index in [1.807, 2.05) is 18.4 Å². The second-order valence-corrected chi connectivity index (χ2v) is 7.96. The van der Waals surface area contributed by atoms with Gasteiger partial charge in [0.2, 0.25) is 5.91 Å². The number of halogens is 2. The molecule has 0 saturated carbocycles. The maximum absolute atomic E-state index is 13.3. The number of nitrogens with zero attached hydrogens (tertiary/aromatic N) is 4. The van der Waals surface area contributed by atoms with Crippen molar-refractivity contribution in [2.24, 2.45) is 0 Å². The second-order valence-electron chi connectivity index (χ2n) is 6.65. The van der Waals surface area contributed by atoms with Crippen molar-refractivity contribution in [2.45, 2.75) is 13.0 Å². The average molecular weight is 420 g/mol. The Balaban J connectivity index is 1.38. The molecule has 1 N–H and O–H groups in total. The number of amides is 1. The smallest absolute Gasteiger partial charge is 0.241 e. The monoisotopic (exact) mass is 419 g/mol. The Morgan fingerprint density at radius 2 is 2.04 bits per heavy atom. The first-order valence-corrected chi connectivity index (χ1v) is 10.2. The third-order valence-electron chi connectivity index (χ3n) is 4.97. The molecule has 1 fully saturated rings. The van der Waals surface area contributed by atoms with Crippen LogP contribution in [0.15, 0.2) is 36.0 Å². The highest BCUT2D eigenvalue weighted by Gasteiger charge is 2.27. The molecule has 146 valence electrons. The lowest BCUT2D eigenvalue weighted by molar-refractivity contribution is -0.120. The fraction of sp³-hybridized carbons (Fsp3) is 0.316. The molecule has 0 bridgehead atoms. The van der Waals surface area contributed by atoms with Crippen molar-refractivity contribution in [3.05, 3.63) is 46.8 Å². The van der Waals surface area contributed by atoms with E-state index in [0.717, 1.165) is 42.2 Å². The first-order valence-electron chi connectivity index (χ1n) is 8.96. The third kappa shape index (κ3) is 3.80. The lowest BCUT2D eigenvalue weighted by Crippen LogP contribution is -2.53. The standard InChI is InChI=1S/C19H19ClFN5OS/c1-12(18(27)24-13-2-3-16(21)15(20)10-13)25-5-7-26(8-6-25)17-14-4-9-28-19(14)23-11-22-17/h2-4,9-12H,5-8H2,1H3,(H,24,27). The molecule has 1 aromatic carbocycles. The summed E-state index contributed by atoms with van der Waals surface area (Å²) in [5.41, 5.74) is 0.489. The summed E-state index contributed by atoms with van der Waals surface area (Å²) in [7, 11) is 0. The van der Waals surface area contributed by atoms with Gasteiger partial charge in [-0.2, -0.15) is 0 Å². The molecule has 2 aromatic heterocycles. The van der Waals surface area contributed by atoms with E-state index in [-0.39, 0.29) is 17.0 Å². The number of rotatable bonds is 4. The molecule has 1 saturated heterocycles. The minimum absolute atomic E-state index is 0.0105. The number of carbonyl (C=O) groups is 1. The van der Waals surface area contributed by atoms with E-state index < -0.39 is 5.82 Å². The summed E-state index contributed by atoms with van der Waals surface area (Å²) >= 11 is 7.38. The minimum Gasteiger partial charge on any atom is -0.353 e. The fourth-order valence-corrected chi connectivity index (χ4v) is 4.24. The number of fused-ring (bicyclic) bond motifs is 1. The minimum atomic E-state index is -0.506. The molecule has 1 unspecified atom stereocenters. The molecule has 3 heterocycles. The number of nitrogens with one attached hydrogen (secondary N) is 1. The van der Waals surface area contributed by atoms with Gasteiger partial charge in [-0.15, -0.1) is 11.3 Å². The Morgan fingerprint density at radius 1 is 1.25 bits per heavy atom. The molecular formula is C19H19ClFN5OS. The summed E-state index contributed by atoms with van der Waals surface area (Å²) in [6, 6.07) is 5.91. The Hall–Kier alpha value is -2.29. The van der Waals surface area contributed by atoms with Crippen LogP contribution in [-0.4, -0.2) is 53.0 Å². The summed E-state index contributed by atoms with van der Waals surface area (Å²) in [4.78, 5) is 26.7. The Labute approximate surface area is 170 Å². The predicted molar refractivity (Wildman–Crippen MR) is 111 cm³/mol. The quantitative estimate of drug-likeness (QED) is 0.699. The number of aromatic nitrogens is 2. The van der Waals surface area contributed by atoms with Gasteiger partial charge >= 0.3 is 0 Å². The van der Waals surface area contributed by atoms with Crippen LogP contribution in [0.3, 0.4) is 0 Å². The van der Waals surface area contributed by atoms with Crippen LogP contribution in [0.1, 0.15) is 6.92 Å². The predicted octanol–water partition coefficient (Wildman–Crippen LogP) is 3.63. The average Bonchev–Trinajstić information content (AvgIpc) is 3.19. The molecular weight excluding hydrogens is 401 g/mol. The first kappa shape index (κ1) is 19.0. The number of carbonyl (C=O) groups excluding carboxylic acids is 1. The highest BCUT2D eigenvalue weighted by atomic mass is 35.5. The maximum atomic E-state index is 13.3. The van der Waals surface area contributed by atoms with Gasteiger partial charge in [0, 0.05) is 31.9 Å². The Kier molecular flexibility index (Phi) is 5.43. The van der Waals surface area contributed by atoms with E-state index >= 15 is 0 Å². The first-order chi connectivity index (χ1) is 13.5. The zero-order valence-electron chi connectivity index (χ0n) is 15.2. The van der Waals surface area contributed by atoms with E-state index in [9.17, 15) is 9.18 Å². The van der Waals surface area contributed by atoms with Gasteiger partial charge in [-0.25, -0.2) is 14.4 Å². The highest BCUT2D eigenvalue weighted by molar-refractivity contribution is 7.16. The van der Waals surface area contributed by atoms with Gasteiger partial charge < -0.3 is 10.2 Å². The lowest BCUT2D eigenvalue weighted by Gasteiger charge is -2.38. The molecule has 1 amide bonds. The highest BCUT2D eigenvalue weighted by Crippen LogP contribution is 2.27. The summed E-state index contributed by atoms with van der Waals surface area (Å²) in [5.74, 6) is 0.302. The summed E-state index contributed by atoms with van der Waals surface area (Å²) in [6.07, 6.45) is 1.60. The van der Waals surface area contributed by atoms with E-state index in [2.05, 4.69) is 25.1 Å². The second kappa shape index (κ2) is 7.98. The largest absolute Gasteiger partial charge is 0.353 e. The zero-order chi connectivity index (χ0) is 19.7. The van der Waals surface area contributed by atoms with Gasteiger partial charge in [0.15, 0.2) is 0 Å². The lowest BCUT2D eigenvalue weighted by atomic mass is 10.2. The normalized spacial score (nSPS) is 16.3. The van der Waals surface area contributed by atoms with Gasteiger partial charge in [0.05, 0.1) is 16.5 Å². The summed E-state index contributed by atoms with van der Waals surface area (Å²) in [6.45, 7) is 4.92. The van der Waals surface area contributed by atoms with Crippen LogP contribution in [-0.2, 0) is 4.79 Å². The number of hydrogen-bond donors (Lipinski definition) is 1. The molecule has 28 heavy (non-hydrogen) atoms. The van der Waals surface area contributed by atoms with Crippen molar-refractivity contribution in [2.75, 3.05) is 36.4 Å². The Bertz CT molecular complexity index is 1000. The number of piperazine rings is 1. The van der Waals surface area contributed by atoms with Crippen LogP contribution in [0.5, 0.6) is 0 Å². The molecule has 3 aromatic rings. The molecule has 0 aliphatic carbocycles. The number of hydrogen-bond acceptors (Lipinski definition) is 6. The fourth-order valence-electron chi connectivity index (χ4n) is 3.34. The summed E-state index contributed by atoms with van der Waals surface area (Å²) in [5, 5.41) is 5.89. The van der Waals surface area contributed by atoms with Gasteiger partial charge in [-0.3, -0.25) is 9.69 Å². The van der Waals surface area contributed by atoms with Crippen LogP contribution in [0.2, 0.25) is 5.02 Å². The summed E-state index contributed by atoms with van der Waals surface area (Å²) < 4.78 is 13.3. The van der Waals surface area contributed by atoms with Crippen molar-refractivity contribution >= 4 is 50.6 Å². The molecule has 0 radical (unpaired) electrons. The van der Waals surface area contributed by atoms with Crippen molar-refractivity contribution < 1.29 is 9.18 Å². The van der Waals surface area contributed by atoms with E-state index in [1.165, 1.54) is 18.2 Å². The van der Waals surface area contributed by atoms with Crippen molar-refractivity contribution in [3.8, 4) is 0 Å². The number of thiophene rings is 1. The van der Waals surface area contributed by atoms with Crippen molar-refractivity contribution in [3.63, 3.8) is 0 Å². The van der Waals surface area contributed by atoms with Gasteiger partial charge in [0.1, 0.15) is 22.8 Å². The topological polar surface area (TPSA) is 61.4 Å². The van der Waals surface area contributed by atoms with E-state index in [4.69, 9.17) is 11.6 Å². The molecule has 0 spiro atoms. The number of anilines is 2. The van der Waals surface area contributed by atoms with Crippen LogP contribution in [0, 0.1) is 5.82 Å². The van der Waals surface area contributed by atoms with Crippen LogP contribution in [0.25, 0.3) is 10.2 Å². The molecule has 1 atom stereocenters. The maximum Gasteiger partial charge on any atom is 0.241 e. The van der Waals surface area contributed by atoms with Crippen LogP contribution in [0.4, 0.5) is 15.9 Å². The Morgan fingerprint density at radius 3 is 2.79 bits per heavy atom. The molecule has 4 rings (SSSR count). The van der Waals surface area contributed by atoms with Crippen molar-refractivity contribution in [1.82, 2.24) is 14.9 Å². The zero-order valence-corrected chi connectivity index (χ0v) is 16.8. The SMILES string of the molecule is CC(C(=O)Nc1ccc(F)c(Cl)c1)N1CCN(c2ncnc3sccc23)CC1. The molecule has 1 aliphatic rings. The molecule has 1 aliphatic heterocycles. The van der Waals surface area contributed by atoms with Crippen molar-refractivity contribution in [1.29, 1.82) is 0 Å². The number of benzene rings is 1. The third-order valence-corrected chi connectivity index (χ3v) is 6.08. The van der Waals surface area contributed by atoms with Crippen LogP contribution < -0.4 is 10.2 Å². The van der Waals surface area contributed by atoms with E-state index in [1.54, 1.807) is 17.7 Å². The van der Waals surface area contributed by atoms with Gasteiger partial charge in [0.25, 0.3) is 0 Å².